The molecule has 2 N–H and O–H groups in total. The van der Waals surface area contributed by atoms with Gasteiger partial charge in [-0.3, -0.25) is 9.59 Å². The summed E-state index contributed by atoms with van der Waals surface area (Å²) in [4.78, 5) is 26.5. The van der Waals surface area contributed by atoms with Crippen LogP contribution in [0.3, 0.4) is 0 Å². The molecule has 7 heteroatoms. The van der Waals surface area contributed by atoms with Crippen LogP contribution in [0.25, 0.3) is 0 Å². The molecule has 0 radical (unpaired) electrons. The first-order valence-electron chi connectivity index (χ1n) is 8.87. The molecule has 3 rings (SSSR count). The third-order valence-electron chi connectivity index (χ3n) is 4.81. The minimum absolute atomic E-state index is 0.166. The molecule has 0 fully saturated rings. The number of ether oxygens (including phenoxy) is 2. The molecule has 144 valence electrons. The lowest BCUT2D eigenvalue weighted by Crippen LogP contribution is -2.22. The predicted molar refractivity (Wildman–Crippen MR) is 106 cm³/mol. The first kappa shape index (κ1) is 19.2. The Balaban J connectivity index is 1.95. The molecule has 1 aromatic carbocycles. The van der Waals surface area contributed by atoms with Gasteiger partial charge >= 0.3 is 0 Å². The van der Waals surface area contributed by atoms with Crippen molar-refractivity contribution in [1.29, 1.82) is 0 Å². The molecule has 0 saturated heterocycles. The second kappa shape index (κ2) is 8.00. The van der Waals surface area contributed by atoms with Gasteiger partial charge in [0.25, 0.3) is 11.8 Å². The Kier molecular flexibility index (Phi) is 5.70. The van der Waals surface area contributed by atoms with E-state index >= 15 is 0 Å². The molecule has 0 spiro atoms. The van der Waals surface area contributed by atoms with Gasteiger partial charge in [0, 0.05) is 23.6 Å². The summed E-state index contributed by atoms with van der Waals surface area (Å²) in [5, 5.41) is 6.22. The number of methoxy groups -OCH3 is 2. The summed E-state index contributed by atoms with van der Waals surface area (Å²) in [6.07, 6.45) is 2.85. The van der Waals surface area contributed by atoms with Crippen molar-refractivity contribution >= 4 is 28.2 Å². The second-order valence-electron chi connectivity index (χ2n) is 6.69. The van der Waals surface area contributed by atoms with E-state index in [1.807, 2.05) is 0 Å². The molecular formula is C20H24N2O4S. The zero-order valence-corrected chi connectivity index (χ0v) is 16.8. The molecule has 2 amide bonds. The smallest absolute Gasteiger partial charge is 0.256 e. The van der Waals surface area contributed by atoms with Crippen LogP contribution in [0, 0.1) is 5.92 Å². The molecular weight excluding hydrogens is 364 g/mol. The molecule has 1 atom stereocenters. The Morgan fingerprint density at radius 1 is 1.11 bits per heavy atom. The number of carbonyl (C=O) groups excluding carboxylic acids is 2. The number of thiophene rings is 1. The number of hydrogen-bond donors (Lipinski definition) is 2. The van der Waals surface area contributed by atoms with Gasteiger partial charge in [-0.15, -0.1) is 11.3 Å². The average molecular weight is 388 g/mol. The van der Waals surface area contributed by atoms with Crippen LogP contribution in [0.1, 0.15) is 44.5 Å². The monoisotopic (exact) mass is 388 g/mol. The fourth-order valence-corrected chi connectivity index (χ4v) is 4.72. The topological polar surface area (TPSA) is 76.7 Å². The maximum atomic E-state index is 12.8. The minimum atomic E-state index is -0.302. The average Bonchev–Trinajstić information content (AvgIpc) is 3.03. The van der Waals surface area contributed by atoms with Crippen molar-refractivity contribution in [2.45, 2.75) is 26.2 Å². The summed E-state index contributed by atoms with van der Waals surface area (Å²) in [5.41, 5.74) is 2.07. The highest BCUT2D eigenvalue weighted by atomic mass is 32.1. The van der Waals surface area contributed by atoms with Gasteiger partial charge in [0.05, 0.1) is 19.8 Å². The van der Waals surface area contributed by atoms with E-state index in [-0.39, 0.29) is 11.8 Å². The minimum Gasteiger partial charge on any atom is -0.497 e. The standard InChI is InChI=1S/C20H24N2O4S/c1-11-5-6-15-16(7-11)27-20(17(15)19(24)21-2)22-18(23)12-8-13(25-3)10-14(9-12)26-4/h8-11H,5-7H2,1-4H3,(H,21,24)(H,22,23). The van der Waals surface area contributed by atoms with Crippen LogP contribution >= 0.6 is 11.3 Å². The van der Waals surface area contributed by atoms with Crippen molar-refractivity contribution in [2.75, 3.05) is 26.6 Å². The lowest BCUT2D eigenvalue weighted by atomic mass is 9.88. The number of rotatable bonds is 5. The Morgan fingerprint density at radius 3 is 2.37 bits per heavy atom. The molecule has 0 saturated carbocycles. The van der Waals surface area contributed by atoms with E-state index in [9.17, 15) is 9.59 Å². The van der Waals surface area contributed by atoms with Crippen molar-refractivity contribution in [3.8, 4) is 11.5 Å². The lowest BCUT2D eigenvalue weighted by Gasteiger charge is -2.18. The maximum absolute atomic E-state index is 12.8. The van der Waals surface area contributed by atoms with E-state index in [0.717, 1.165) is 24.8 Å². The zero-order chi connectivity index (χ0) is 19.6. The SMILES string of the molecule is CNC(=O)c1c(NC(=O)c2cc(OC)cc(OC)c2)sc2c1CCC(C)C2. The van der Waals surface area contributed by atoms with E-state index < -0.39 is 0 Å². The first-order valence-corrected chi connectivity index (χ1v) is 9.69. The molecule has 1 aliphatic rings. The number of benzene rings is 1. The van der Waals surface area contributed by atoms with E-state index in [2.05, 4.69) is 17.6 Å². The number of anilines is 1. The number of carbonyl (C=O) groups is 2. The summed E-state index contributed by atoms with van der Waals surface area (Å²) in [6.45, 7) is 2.21. The highest BCUT2D eigenvalue weighted by molar-refractivity contribution is 7.17. The fourth-order valence-electron chi connectivity index (χ4n) is 3.32. The van der Waals surface area contributed by atoms with E-state index in [0.29, 0.717) is 33.5 Å². The molecule has 27 heavy (non-hydrogen) atoms. The molecule has 1 heterocycles. The Labute approximate surface area is 162 Å². The molecule has 1 aliphatic carbocycles. The van der Waals surface area contributed by atoms with E-state index in [1.165, 1.54) is 30.4 Å². The van der Waals surface area contributed by atoms with Gasteiger partial charge in [0.15, 0.2) is 0 Å². The van der Waals surface area contributed by atoms with Gasteiger partial charge in [-0.2, -0.15) is 0 Å². The quantitative estimate of drug-likeness (QED) is 0.822. The van der Waals surface area contributed by atoms with Gasteiger partial charge in [-0.1, -0.05) is 6.92 Å². The molecule has 1 unspecified atom stereocenters. The normalized spacial score (nSPS) is 15.6. The lowest BCUT2D eigenvalue weighted by molar-refractivity contribution is 0.0963. The molecule has 0 aliphatic heterocycles. The first-order chi connectivity index (χ1) is 13.0. The summed E-state index contributed by atoms with van der Waals surface area (Å²) in [5.74, 6) is 1.18. The van der Waals surface area contributed by atoms with Crippen LogP contribution in [0.2, 0.25) is 0 Å². The van der Waals surface area contributed by atoms with Crippen LogP contribution in [0.5, 0.6) is 11.5 Å². The van der Waals surface area contributed by atoms with E-state index in [4.69, 9.17) is 9.47 Å². The van der Waals surface area contributed by atoms with Crippen LogP contribution in [0.4, 0.5) is 5.00 Å². The molecule has 1 aromatic heterocycles. The van der Waals surface area contributed by atoms with Crippen molar-refractivity contribution in [2.24, 2.45) is 5.92 Å². The second-order valence-corrected chi connectivity index (χ2v) is 7.80. The number of fused-ring (bicyclic) bond motifs is 1. The summed E-state index contributed by atoms with van der Waals surface area (Å²) in [7, 11) is 4.68. The highest BCUT2D eigenvalue weighted by Gasteiger charge is 2.28. The van der Waals surface area contributed by atoms with Crippen molar-refractivity contribution in [3.05, 3.63) is 39.8 Å². The van der Waals surface area contributed by atoms with Crippen LogP contribution in [-0.4, -0.2) is 33.1 Å². The summed E-state index contributed by atoms with van der Waals surface area (Å²) < 4.78 is 10.5. The third-order valence-corrected chi connectivity index (χ3v) is 5.98. The largest absolute Gasteiger partial charge is 0.497 e. The number of nitrogens with one attached hydrogen (secondary N) is 2. The molecule has 2 aromatic rings. The van der Waals surface area contributed by atoms with Gasteiger partial charge in [-0.05, 0) is 42.9 Å². The highest BCUT2D eigenvalue weighted by Crippen LogP contribution is 2.40. The van der Waals surface area contributed by atoms with Gasteiger partial charge < -0.3 is 20.1 Å². The Bertz CT molecular complexity index is 853. The van der Waals surface area contributed by atoms with Gasteiger partial charge in [-0.25, -0.2) is 0 Å². The summed E-state index contributed by atoms with van der Waals surface area (Å²) in [6, 6.07) is 5.00. The van der Waals surface area contributed by atoms with Gasteiger partial charge in [0.1, 0.15) is 16.5 Å². The maximum Gasteiger partial charge on any atom is 0.256 e. The predicted octanol–water partition coefficient (Wildman–Crippen LogP) is 3.50. The van der Waals surface area contributed by atoms with Crippen LogP contribution in [-0.2, 0) is 12.8 Å². The van der Waals surface area contributed by atoms with Crippen LogP contribution in [0.15, 0.2) is 18.2 Å². The Morgan fingerprint density at radius 2 is 1.78 bits per heavy atom. The van der Waals surface area contributed by atoms with Gasteiger partial charge in [0.2, 0.25) is 0 Å². The van der Waals surface area contributed by atoms with Crippen molar-refractivity contribution < 1.29 is 19.1 Å². The zero-order valence-electron chi connectivity index (χ0n) is 16.0. The number of hydrogen-bond acceptors (Lipinski definition) is 5. The summed E-state index contributed by atoms with van der Waals surface area (Å²) >= 11 is 1.50. The Hall–Kier alpha value is -2.54. The third kappa shape index (κ3) is 3.93. The fraction of sp³-hybridized carbons (Fsp3) is 0.400. The number of amides is 2. The van der Waals surface area contributed by atoms with Crippen molar-refractivity contribution in [1.82, 2.24) is 5.32 Å². The van der Waals surface area contributed by atoms with Crippen molar-refractivity contribution in [3.63, 3.8) is 0 Å². The molecule has 0 bridgehead atoms. The van der Waals surface area contributed by atoms with E-state index in [1.54, 1.807) is 25.2 Å². The van der Waals surface area contributed by atoms with Crippen LogP contribution < -0.4 is 20.1 Å². The molecule has 6 nitrogen and oxygen atoms in total.